The second-order valence-corrected chi connectivity index (χ2v) is 8.06. The Morgan fingerprint density at radius 2 is 1.80 bits per heavy atom. The Labute approximate surface area is 174 Å². The number of para-hydroxylation sites is 1. The average Bonchev–Trinajstić information content (AvgIpc) is 3.15. The van der Waals surface area contributed by atoms with Crippen molar-refractivity contribution in [3.63, 3.8) is 0 Å². The van der Waals surface area contributed by atoms with Gasteiger partial charge in [-0.25, -0.2) is 0 Å². The molecule has 3 amide bonds. The summed E-state index contributed by atoms with van der Waals surface area (Å²) in [6, 6.07) is 9.99. The van der Waals surface area contributed by atoms with Crippen molar-refractivity contribution >= 4 is 23.4 Å². The highest BCUT2D eigenvalue weighted by Crippen LogP contribution is 2.28. The maximum Gasteiger partial charge on any atom is 0.271 e. The highest BCUT2D eigenvalue weighted by atomic mass is 16.3. The highest BCUT2D eigenvalue weighted by Gasteiger charge is 2.38. The Hall–Kier alpha value is -3.13. The number of aliphatic hydroxyl groups is 1. The zero-order valence-electron chi connectivity index (χ0n) is 17.1. The number of β-amino-alcohol motifs (C(OH)–C–C–N with tert-alkyl or cyclic N) is 1. The summed E-state index contributed by atoms with van der Waals surface area (Å²) in [6.07, 6.45) is 0.251. The zero-order chi connectivity index (χ0) is 21.4. The van der Waals surface area contributed by atoms with Gasteiger partial charge in [-0.05, 0) is 29.7 Å². The number of aromatic amines is 1. The van der Waals surface area contributed by atoms with E-state index >= 15 is 0 Å². The molecule has 0 saturated carbocycles. The number of carbonyl (C=O) groups is 3. The number of amides is 3. The average molecular weight is 410 g/mol. The number of likely N-dealkylation sites (tertiary alicyclic amines) is 1. The fraction of sp³-hybridized carbons (Fsp3) is 0.409. The molecule has 4 rings (SSSR count). The van der Waals surface area contributed by atoms with Crippen LogP contribution in [0.1, 0.15) is 46.8 Å². The van der Waals surface area contributed by atoms with Crippen molar-refractivity contribution in [2.45, 2.75) is 39.0 Å². The monoisotopic (exact) mass is 410 g/mol. The van der Waals surface area contributed by atoms with Gasteiger partial charge in [0.25, 0.3) is 11.8 Å². The number of anilines is 1. The van der Waals surface area contributed by atoms with Crippen LogP contribution in [0.25, 0.3) is 0 Å². The molecule has 0 unspecified atom stereocenters. The number of aromatic nitrogens is 1. The van der Waals surface area contributed by atoms with Crippen LogP contribution in [0, 0.1) is 5.92 Å². The summed E-state index contributed by atoms with van der Waals surface area (Å²) in [4.78, 5) is 44.9. The summed E-state index contributed by atoms with van der Waals surface area (Å²) >= 11 is 0. The topological polar surface area (TPSA) is 106 Å². The first-order chi connectivity index (χ1) is 14.4. The van der Waals surface area contributed by atoms with E-state index in [9.17, 15) is 19.5 Å². The lowest BCUT2D eigenvalue weighted by Gasteiger charge is -2.35. The molecular weight excluding hydrogens is 384 g/mol. The molecule has 3 heterocycles. The molecule has 8 nitrogen and oxygen atoms in total. The van der Waals surface area contributed by atoms with Crippen LogP contribution < -0.4 is 5.32 Å². The number of rotatable bonds is 4. The van der Waals surface area contributed by atoms with Crippen LogP contribution in [-0.2, 0) is 11.3 Å². The number of carbonyl (C=O) groups excluding carboxylic acids is 3. The smallest absolute Gasteiger partial charge is 0.271 e. The minimum Gasteiger partial charge on any atom is -0.389 e. The molecule has 158 valence electrons. The van der Waals surface area contributed by atoms with Crippen molar-refractivity contribution in [3.8, 4) is 0 Å². The van der Waals surface area contributed by atoms with Crippen LogP contribution in [-0.4, -0.2) is 62.8 Å². The lowest BCUT2D eigenvalue weighted by molar-refractivity contribution is -0.122. The van der Waals surface area contributed by atoms with Crippen molar-refractivity contribution in [1.82, 2.24) is 14.8 Å². The Morgan fingerprint density at radius 1 is 1.13 bits per heavy atom. The molecule has 0 bridgehead atoms. The van der Waals surface area contributed by atoms with Gasteiger partial charge < -0.3 is 25.2 Å². The molecule has 30 heavy (non-hydrogen) atoms. The first-order valence-corrected chi connectivity index (χ1v) is 10.2. The normalized spacial score (nSPS) is 20.1. The summed E-state index contributed by atoms with van der Waals surface area (Å²) in [5, 5.41) is 12.4. The molecule has 1 saturated heterocycles. The maximum absolute atomic E-state index is 13.4. The summed E-state index contributed by atoms with van der Waals surface area (Å²) in [6.45, 7) is 4.83. The molecule has 2 aliphatic heterocycles. The molecule has 8 heteroatoms. The van der Waals surface area contributed by atoms with E-state index in [4.69, 9.17) is 0 Å². The Morgan fingerprint density at radius 3 is 2.47 bits per heavy atom. The molecule has 0 radical (unpaired) electrons. The van der Waals surface area contributed by atoms with E-state index in [-0.39, 0.29) is 29.3 Å². The van der Waals surface area contributed by atoms with Gasteiger partial charge in [-0.2, -0.15) is 0 Å². The molecule has 2 aromatic rings. The Kier molecular flexibility index (Phi) is 5.34. The molecule has 0 aliphatic carbocycles. The Balaban J connectivity index is 1.63. The van der Waals surface area contributed by atoms with Gasteiger partial charge in [-0.15, -0.1) is 0 Å². The second kappa shape index (κ2) is 7.95. The third kappa shape index (κ3) is 3.59. The second-order valence-electron chi connectivity index (χ2n) is 8.06. The third-order valence-electron chi connectivity index (χ3n) is 5.96. The van der Waals surface area contributed by atoms with Gasteiger partial charge in [0.05, 0.1) is 6.10 Å². The van der Waals surface area contributed by atoms with Crippen molar-refractivity contribution < 1.29 is 19.5 Å². The number of hydrogen-bond acceptors (Lipinski definition) is 4. The molecule has 1 aromatic carbocycles. The predicted octanol–water partition coefficient (Wildman–Crippen LogP) is 1.84. The minimum atomic E-state index is -0.622. The molecule has 1 aromatic heterocycles. The fourth-order valence-corrected chi connectivity index (χ4v) is 3.99. The highest BCUT2D eigenvalue weighted by molar-refractivity contribution is 6.03. The van der Waals surface area contributed by atoms with Gasteiger partial charge in [-0.1, -0.05) is 38.5 Å². The van der Waals surface area contributed by atoms with E-state index in [2.05, 4.69) is 10.3 Å². The van der Waals surface area contributed by atoms with Crippen LogP contribution in [0.3, 0.4) is 0 Å². The summed E-state index contributed by atoms with van der Waals surface area (Å²) < 4.78 is 0. The zero-order valence-corrected chi connectivity index (χ0v) is 17.1. The minimum absolute atomic E-state index is 0.0399. The van der Waals surface area contributed by atoms with Crippen molar-refractivity contribution in [2.24, 2.45) is 5.92 Å². The van der Waals surface area contributed by atoms with E-state index in [1.165, 1.54) is 4.90 Å². The van der Waals surface area contributed by atoms with E-state index in [1.807, 2.05) is 38.1 Å². The van der Waals surface area contributed by atoms with Crippen molar-refractivity contribution in [3.05, 3.63) is 53.3 Å². The lowest BCUT2D eigenvalue weighted by atomic mass is 9.96. The van der Waals surface area contributed by atoms with Crippen LogP contribution in [0.15, 0.2) is 36.4 Å². The standard InChI is InChI=1S/C22H26N4O4/c1-3-13(2)19-20(28)24-16-7-5-4-6-14(16)10-26(19)22(30)18-9-8-17(23-18)21(29)25-11-15(27)12-25/h4-9,13,15,19,23,27H,3,10-12H2,1-2H3,(H,24,28)/t13-,19-/m0/s1. The number of fused-ring (bicyclic) bond motifs is 1. The van der Waals surface area contributed by atoms with Crippen LogP contribution in [0.5, 0.6) is 0 Å². The number of H-pyrrole nitrogens is 1. The SMILES string of the molecule is CC[C@H](C)[C@H]1C(=O)Nc2ccccc2CN1C(=O)c1ccc(C(=O)N2CC(O)C2)[nH]1. The molecule has 2 aliphatic rings. The van der Waals surface area contributed by atoms with E-state index in [1.54, 1.807) is 17.0 Å². The quantitative estimate of drug-likeness (QED) is 0.715. The summed E-state index contributed by atoms with van der Waals surface area (Å²) in [5.41, 5.74) is 2.14. The van der Waals surface area contributed by atoms with Gasteiger partial charge in [0.2, 0.25) is 5.91 Å². The molecule has 1 fully saturated rings. The summed E-state index contributed by atoms with van der Waals surface area (Å²) in [5.74, 6) is -0.825. The predicted molar refractivity (Wildman–Crippen MR) is 111 cm³/mol. The van der Waals surface area contributed by atoms with Crippen LogP contribution >= 0.6 is 0 Å². The first-order valence-electron chi connectivity index (χ1n) is 10.2. The molecule has 3 N–H and O–H groups in total. The van der Waals surface area contributed by atoms with Gasteiger partial charge in [-0.3, -0.25) is 14.4 Å². The lowest BCUT2D eigenvalue weighted by Crippen LogP contribution is -2.53. The van der Waals surface area contributed by atoms with Gasteiger partial charge in [0, 0.05) is 25.3 Å². The number of aliphatic hydroxyl groups excluding tert-OH is 1. The van der Waals surface area contributed by atoms with Gasteiger partial charge in [0.15, 0.2) is 0 Å². The van der Waals surface area contributed by atoms with E-state index in [0.29, 0.717) is 31.0 Å². The molecule has 0 spiro atoms. The van der Waals surface area contributed by atoms with Crippen LogP contribution in [0.4, 0.5) is 5.69 Å². The van der Waals surface area contributed by atoms with Gasteiger partial charge in [0.1, 0.15) is 17.4 Å². The molecular formula is C22H26N4O4. The van der Waals surface area contributed by atoms with E-state index < -0.39 is 12.1 Å². The van der Waals surface area contributed by atoms with Crippen molar-refractivity contribution in [1.29, 1.82) is 0 Å². The van der Waals surface area contributed by atoms with Crippen LogP contribution in [0.2, 0.25) is 0 Å². The third-order valence-corrected chi connectivity index (χ3v) is 5.96. The Bertz CT molecular complexity index is 979. The fourth-order valence-electron chi connectivity index (χ4n) is 3.99. The number of benzene rings is 1. The first kappa shape index (κ1) is 20.2. The number of nitrogens with zero attached hydrogens (tertiary/aromatic N) is 2. The number of nitrogens with one attached hydrogen (secondary N) is 2. The van der Waals surface area contributed by atoms with Crippen molar-refractivity contribution in [2.75, 3.05) is 18.4 Å². The summed E-state index contributed by atoms with van der Waals surface area (Å²) in [7, 11) is 0. The maximum atomic E-state index is 13.4. The molecule has 2 atom stereocenters. The number of hydrogen-bond donors (Lipinski definition) is 3. The van der Waals surface area contributed by atoms with Gasteiger partial charge >= 0.3 is 0 Å². The largest absolute Gasteiger partial charge is 0.389 e. The van der Waals surface area contributed by atoms with E-state index in [0.717, 1.165) is 12.0 Å².